The Hall–Kier alpha value is -1.79. The number of halogens is 1. The van der Waals surface area contributed by atoms with Gasteiger partial charge in [-0.15, -0.1) is 12.4 Å². The molecule has 3 nitrogen and oxygen atoms in total. The monoisotopic (exact) mass is 301 g/mol. The zero-order valence-corrected chi connectivity index (χ0v) is 12.8. The molecule has 1 heterocycles. The highest BCUT2D eigenvalue weighted by Crippen LogP contribution is 2.39. The molecule has 0 spiro atoms. The Morgan fingerprint density at radius 1 is 1.14 bits per heavy atom. The minimum atomic E-state index is 0. The Morgan fingerprint density at radius 2 is 1.86 bits per heavy atom. The quantitative estimate of drug-likeness (QED) is 0.912. The van der Waals surface area contributed by atoms with Crippen molar-refractivity contribution >= 4 is 12.4 Å². The molecule has 110 valence electrons. The van der Waals surface area contributed by atoms with Crippen LogP contribution in [0, 0.1) is 17.2 Å². The maximum Gasteiger partial charge on any atom is 0.113 e. The van der Waals surface area contributed by atoms with E-state index in [4.69, 9.17) is 5.26 Å². The Balaban J connectivity index is 0.00000161. The van der Waals surface area contributed by atoms with Crippen molar-refractivity contribution in [2.75, 3.05) is 0 Å². The van der Waals surface area contributed by atoms with Gasteiger partial charge in [0.1, 0.15) is 5.82 Å². The normalized spacial score (nSPS) is 16.7. The molecule has 0 radical (unpaired) electrons. The first kappa shape index (κ1) is 15.6. The molecule has 0 aliphatic heterocycles. The van der Waals surface area contributed by atoms with Crippen LogP contribution in [-0.4, -0.2) is 9.97 Å². The minimum Gasteiger partial charge on any atom is -0.348 e. The summed E-state index contributed by atoms with van der Waals surface area (Å²) in [5.41, 5.74) is 1.99. The fraction of sp³-hybridized carbons (Fsp3) is 0.412. The molecule has 0 bridgehead atoms. The summed E-state index contributed by atoms with van der Waals surface area (Å²) in [5, 5.41) is 8.93. The van der Waals surface area contributed by atoms with Crippen molar-refractivity contribution in [1.29, 1.82) is 5.26 Å². The molecule has 1 fully saturated rings. The van der Waals surface area contributed by atoms with E-state index in [2.05, 4.69) is 28.2 Å². The van der Waals surface area contributed by atoms with E-state index in [9.17, 15) is 0 Å². The molecule has 1 aliphatic carbocycles. The summed E-state index contributed by atoms with van der Waals surface area (Å²) in [6.07, 6.45) is 10.3. The van der Waals surface area contributed by atoms with Gasteiger partial charge in [0.15, 0.2) is 0 Å². The summed E-state index contributed by atoms with van der Waals surface area (Å²) in [5.74, 6) is 2.04. The van der Waals surface area contributed by atoms with E-state index in [0.717, 1.165) is 11.4 Å². The highest BCUT2D eigenvalue weighted by atomic mass is 35.5. The molecule has 1 aromatic carbocycles. The van der Waals surface area contributed by atoms with Crippen LogP contribution in [0.1, 0.15) is 55.0 Å². The van der Waals surface area contributed by atoms with Crippen LogP contribution < -0.4 is 0 Å². The summed E-state index contributed by atoms with van der Waals surface area (Å²) >= 11 is 0. The third-order valence-electron chi connectivity index (χ3n) is 4.33. The summed E-state index contributed by atoms with van der Waals surface area (Å²) in [7, 11) is 0. The number of nitrogens with zero attached hydrogens (tertiary/aromatic N) is 2. The number of H-pyrrole nitrogens is 1. The van der Waals surface area contributed by atoms with Gasteiger partial charge in [-0.3, -0.25) is 0 Å². The third kappa shape index (κ3) is 3.46. The summed E-state index contributed by atoms with van der Waals surface area (Å²) in [6.45, 7) is 0. The molecule has 1 aromatic heterocycles. The van der Waals surface area contributed by atoms with Crippen LogP contribution >= 0.6 is 12.4 Å². The van der Waals surface area contributed by atoms with Gasteiger partial charge in [-0.1, -0.05) is 31.4 Å². The number of hydrogen-bond donors (Lipinski definition) is 1. The lowest BCUT2D eigenvalue weighted by Gasteiger charge is -2.29. The van der Waals surface area contributed by atoms with Crippen molar-refractivity contribution in [3.05, 3.63) is 53.6 Å². The average molecular weight is 302 g/mol. The fourth-order valence-corrected chi connectivity index (χ4v) is 3.33. The highest BCUT2D eigenvalue weighted by Gasteiger charge is 2.28. The molecule has 4 heteroatoms. The lowest BCUT2D eigenvalue weighted by atomic mass is 9.76. The first-order chi connectivity index (χ1) is 9.88. The molecule has 3 rings (SSSR count). The average Bonchev–Trinajstić information content (AvgIpc) is 3.03. The molecular formula is C17H20ClN3. The smallest absolute Gasteiger partial charge is 0.113 e. The number of hydrogen-bond acceptors (Lipinski definition) is 2. The van der Waals surface area contributed by atoms with Gasteiger partial charge in [0.2, 0.25) is 0 Å². The van der Waals surface area contributed by atoms with Crippen LogP contribution in [0.4, 0.5) is 0 Å². The number of benzene rings is 1. The van der Waals surface area contributed by atoms with Crippen molar-refractivity contribution < 1.29 is 0 Å². The van der Waals surface area contributed by atoms with Gasteiger partial charge in [-0.2, -0.15) is 5.26 Å². The zero-order valence-electron chi connectivity index (χ0n) is 12.0. The number of aromatic amines is 1. The molecule has 1 atom stereocenters. The number of rotatable bonds is 3. The molecule has 1 aliphatic rings. The van der Waals surface area contributed by atoms with Crippen molar-refractivity contribution in [2.24, 2.45) is 5.92 Å². The van der Waals surface area contributed by atoms with Crippen LogP contribution in [0.5, 0.6) is 0 Å². The first-order valence-electron chi connectivity index (χ1n) is 7.38. The lowest BCUT2D eigenvalue weighted by Crippen LogP contribution is -2.18. The second-order valence-electron chi connectivity index (χ2n) is 5.58. The molecule has 0 saturated heterocycles. The van der Waals surface area contributed by atoms with E-state index >= 15 is 0 Å². The zero-order chi connectivity index (χ0) is 13.8. The van der Waals surface area contributed by atoms with Gasteiger partial charge >= 0.3 is 0 Å². The van der Waals surface area contributed by atoms with Crippen molar-refractivity contribution in [3.63, 3.8) is 0 Å². The third-order valence-corrected chi connectivity index (χ3v) is 4.33. The predicted octanol–water partition coefficient (Wildman–Crippen LogP) is 4.42. The maximum absolute atomic E-state index is 8.93. The predicted molar refractivity (Wildman–Crippen MR) is 85.4 cm³/mol. The van der Waals surface area contributed by atoms with Crippen molar-refractivity contribution in [3.8, 4) is 6.07 Å². The fourth-order valence-electron chi connectivity index (χ4n) is 3.33. The summed E-state index contributed by atoms with van der Waals surface area (Å²) < 4.78 is 0. The van der Waals surface area contributed by atoms with E-state index in [1.54, 1.807) is 0 Å². The highest BCUT2D eigenvalue weighted by molar-refractivity contribution is 5.85. The molecule has 1 saturated carbocycles. The van der Waals surface area contributed by atoms with Gasteiger partial charge in [-0.05, 0) is 36.5 Å². The molecule has 1 unspecified atom stereocenters. The Bertz CT molecular complexity index is 577. The minimum absolute atomic E-state index is 0. The Morgan fingerprint density at radius 3 is 2.43 bits per heavy atom. The Kier molecular flexibility index (Phi) is 5.41. The number of nitriles is 1. The van der Waals surface area contributed by atoms with Gasteiger partial charge in [0, 0.05) is 18.3 Å². The second kappa shape index (κ2) is 7.28. The van der Waals surface area contributed by atoms with Gasteiger partial charge < -0.3 is 4.98 Å². The van der Waals surface area contributed by atoms with E-state index in [-0.39, 0.29) is 12.4 Å². The van der Waals surface area contributed by atoms with E-state index in [0.29, 0.717) is 11.8 Å². The van der Waals surface area contributed by atoms with E-state index < -0.39 is 0 Å². The van der Waals surface area contributed by atoms with Crippen LogP contribution in [0.3, 0.4) is 0 Å². The first-order valence-corrected chi connectivity index (χ1v) is 7.38. The molecular weight excluding hydrogens is 282 g/mol. The Labute approximate surface area is 131 Å². The largest absolute Gasteiger partial charge is 0.348 e. The van der Waals surface area contributed by atoms with Gasteiger partial charge in [-0.25, -0.2) is 4.98 Å². The SMILES string of the molecule is Cl.N#Cc1ccc(C(c2ncc[nH]2)C2CCCCC2)cc1. The van der Waals surface area contributed by atoms with Crippen molar-refractivity contribution in [1.82, 2.24) is 9.97 Å². The van der Waals surface area contributed by atoms with Crippen molar-refractivity contribution in [2.45, 2.75) is 38.0 Å². The van der Waals surface area contributed by atoms with Crippen LogP contribution in [0.25, 0.3) is 0 Å². The molecule has 1 N–H and O–H groups in total. The summed E-state index contributed by atoms with van der Waals surface area (Å²) in [6, 6.07) is 10.2. The number of aromatic nitrogens is 2. The second-order valence-corrected chi connectivity index (χ2v) is 5.58. The van der Waals surface area contributed by atoms with Gasteiger partial charge in [0.25, 0.3) is 0 Å². The lowest BCUT2D eigenvalue weighted by molar-refractivity contribution is 0.322. The standard InChI is InChI=1S/C17H19N3.ClH/c18-12-13-6-8-15(9-7-13)16(17-19-10-11-20-17)14-4-2-1-3-5-14;/h6-11,14,16H,1-5H2,(H,19,20);1H. The molecule has 0 amide bonds. The molecule has 2 aromatic rings. The van der Waals surface area contributed by atoms with E-state index in [1.165, 1.54) is 37.7 Å². The molecule has 21 heavy (non-hydrogen) atoms. The number of imidazole rings is 1. The number of nitrogens with one attached hydrogen (secondary N) is 1. The van der Waals surface area contributed by atoms with Crippen LogP contribution in [-0.2, 0) is 0 Å². The van der Waals surface area contributed by atoms with E-state index in [1.807, 2.05) is 24.5 Å². The van der Waals surface area contributed by atoms with Gasteiger partial charge in [0.05, 0.1) is 11.6 Å². The summed E-state index contributed by atoms with van der Waals surface area (Å²) in [4.78, 5) is 7.78. The van der Waals surface area contributed by atoms with Crippen LogP contribution in [0.2, 0.25) is 0 Å². The van der Waals surface area contributed by atoms with Crippen LogP contribution in [0.15, 0.2) is 36.7 Å². The maximum atomic E-state index is 8.93. The topological polar surface area (TPSA) is 52.5 Å².